The summed E-state index contributed by atoms with van der Waals surface area (Å²) in [4.78, 5) is 31.6. The number of aryl methyl sites for hydroxylation is 1. The molecule has 0 radical (unpaired) electrons. The minimum Gasteiger partial charge on any atom is -0.348 e. The standard InChI is InChI=1S/C30H32N4O2/c1-21-19-25-28(29(31-21)30(36)33-23-15-7-2-3-8-16-23)26(35)20-27(32-22-13-9-6-10-14-22)34(25)24-17-11-4-5-12-18-24/h4,6,9-14,17-20,23,32H,2-3,5,7-8,15-16H2,1H3,(H,33,36). The van der Waals surface area contributed by atoms with Gasteiger partial charge in [-0.1, -0.05) is 62.1 Å². The summed E-state index contributed by atoms with van der Waals surface area (Å²) < 4.78 is 2.01. The van der Waals surface area contributed by atoms with Gasteiger partial charge in [0.25, 0.3) is 5.91 Å². The highest BCUT2D eigenvalue weighted by Gasteiger charge is 2.23. The number of amides is 1. The number of hydrogen-bond acceptors (Lipinski definition) is 4. The summed E-state index contributed by atoms with van der Waals surface area (Å²) in [7, 11) is 0. The molecule has 3 aromatic rings. The third-order valence-electron chi connectivity index (χ3n) is 6.80. The molecule has 2 aliphatic rings. The van der Waals surface area contributed by atoms with Gasteiger partial charge in [-0.05, 0) is 56.5 Å². The molecule has 1 amide bonds. The number of nitrogens with zero attached hydrogens (tertiary/aromatic N) is 2. The minimum atomic E-state index is -0.270. The Hall–Kier alpha value is -3.93. The third-order valence-corrected chi connectivity index (χ3v) is 6.80. The van der Waals surface area contributed by atoms with Crippen LogP contribution in [0.3, 0.4) is 0 Å². The summed E-state index contributed by atoms with van der Waals surface area (Å²) in [5.41, 5.74) is 3.08. The van der Waals surface area contributed by atoms with Gasteiger partial charge in [0, 0.05) is 29.2 Å². The molecule has 2 N–H and O–H groups in total. The van der Waals surface area contributed by atoms with Crippen molar-refractivity contribution in [2.75, 3.05) is 5.32 Å². The zero-order valence-corrected chi connectivity index (χ0v) is 20.7. The lowest BCUT2D eigenvalue weighted by Crippen LogP contribution is -2.35. The summed E-state index contributed by atoms with van der Waals surface area (Å²) >= 11 is 0. The van der Waals surface area contributed by atoms with Gasteiger partial charge in [0.15, 0.2) is 5.43 Å². The van der Waals surface area contributed by atoms with Crippen LogP contribution in [0.1, 0.15) is 61.1 Å². The van der Waals surface area contributed by atoms with Crippen LogP contribution >= 0.6 is 0 Å². The van der Waals surface area contributed by atoms with Crippen LogP contribution in [-0.4, -0.2) is 21.5 Å². The fourth-order valence-corrected chi connectivity index (χ4v) is 5.06. The van der Waals surface area contributed by atoms with Crippen LogP contribution in [0.5, 0.6) is 0 Å². The maximum absolute atomic E-state index is 13.6. The van der Waals surface area contributed by atoms with Gasteiger partial charge in [-0.15, -0.1) is 0 Å². The molecular formula is C30H32N4O2. The van der Waals surface area contributed by atoms with E-state index in [1.54, 1.807) is 6.07 Å². The van der Waals surface area contributed by atoms with Gasteiger partial charge >= 0.3 is 0 Å². The molecular weight excluding hydrogens is 448 g/mol. The zero-order chi connectivity index (χ0) is 24.9. The van der Waals surface area contributed by atoms with Crippen LogP contribution < -0.4 is 16.1 Å². The Morgan fingerprint density at radius 3 is 2.58 bits per heavy atom. The normalized spacial score (nSPS) is 16.3. The quantitative estimate of drug-likeness (QED) is 0.423. The van der Waals surface area contributed by atoms with Crippen molar-refractivity contribution in [2.24, 2.45) is 0 Å². The molecule has 0 saturated heterocycles. The molecule has 2 heterocycles. The van der Waals surface area contributed by atoms with E-state index in [1.165, 1.54) is 12.8 Å². The number of benzene rings is 1. The number of nitrogens with one attached hydrogen (secondary N) is 2. The van der Waals surface area contributed by atoms with Gasteiger partial charge < -0.3 is 10.6 Å². The van der Waals surface area contributed by atoms with Gasteiger partial charge in [-0.25, -0.2) is 4.98 Å². The van der Waals surface area contributed by atoms with Gasteiger partial charge in [0.1, 0.15) is 11.5 Å². The smallest absolute Gasteiger partial charge is 0.270 e. The molecule has 1 aromatic carbocycles. The maximum atomic E-state index is 13.6. The first-order valence-electron chi connectivity index (χ1n) is 12.8. The molecule has 0 spiro atoms. The summed E-state index contributed by atoms with van der Waals surface area (Å²) in [5, 5.41) is 6.93. The van der Waals surface area contributed by atoms with E-state index in [-0.39, 0.29) is 23.1 Å². The van der Waals surface area contributed by atoms with Crippen molar-refractivity contribution < 1.29 is 4.79 Å². The van der Waals surface area contributed by atoms with E-state index in [2.05, 4.69) is 27.8 Å². The molecule has 1 saturated carbocycles. The molecule has 184 valence electrons. The van der Waals surface area contributed by atoms with Crippen molar-refractivity contribution in [3.63, 3.8) is 0 Å². The summed E-state index contributed by atoms with van der Waals surface area (Å²) in [6, 6.07) is 13.3. The second-order valence-corrected chi connectivity index (χ2v) is 9.55. The first-order chi connectivity index (χ1) is 17.6. The highest BCUT2D eigenvalue weighted by atomic mass is 16.2. The predicted molar refractivity (Wildman–Crippen MR) is 147 cm³/mol. The van der Waals surface area contributed by atoms with Crippen molar-refractivity contribution >= 4 is 34.0 Å². The first-order valence-corrected chi connectivity index (χ1v) is 12.8. The molecule has 6 nitrogen and oxygen atoms in total. The molecule has 2 aliphatic carbocycles. The second-order valence-electron chi connectivity index (χ2n) is 9.55. The fraction of sp³-hybridized carbons (Fsp3) is 0.300. The largest absolute Gasteiger partial charge is 0.348 e. The predicted octanol–water partition coefficient (Wildman–Crippen LogP) is 6.26. The number of fused-ring (bicyclic) bond motifs is 1. The number of allylic oxidation sites excluding steroid dienone is 6. The van der Waals surface area contributed by atoms with Crippen molar-refractivity contribution in [3.05, 3.63) is 94.5 Å². The molecule has 0 aliphatic heterocycles. The number of aromatic nitrogens is 2. The van der Waals surface area contributed by atoms with Crippen LogP contribution in [0.25, 0.3) is 16.6 Å². The molecule has 5 rings (SSSR count). The van der Waals surface area contributed by atoms with Gasteiger partial charge in [0.05, 0.1) is 10.9 Å². The number of carbonyl (C=O) groups is 1. The van der Waals surface area contributed by atoms with Crippen molar-refractivity contribution in [3.8, 4) is 0 Å². The Morgan fingerprint density at radius 1 is 1.03 bits per heavy atom. The Kier molecular flexibility index (Phi) is 7.12. The van der Waals surface area contributed by atoms with E-state index in [0.29, 0.717) is 22.4 Å². The molecule has 2 aromatic heterocycles. The Balaban J connectivity index is 1.67. The average molecular weight is 481 g/mol. The summed E-state index contributed by atoms with van der Waals surface area (Å²) in [6.45, 7) is 1.87. The lowest BCUT2D eigenvalue weighted by molar-refractivity contribution is 0.0930. The number of pyridine rings is 2. The highest BCUT2D eigenvalue weighted by Crippen LogP contribution is 2.28. The minimum absolute atomic E-state index is 0.122. The Labute approximate surface area is 211 Å². The number of para-hydroxylation sites is 1. The van der Waals surface area contributed by atoms with Crippen LogP contribution in [-0.2, 0) is 0 Å². The fourth-order valence-electron chi connectivity index (χ4n) is 5.06. The molecule has 0 atom stereocenters. The summed E-state index contributed by atoms with van der Waals surface area (Å²) in [5.74, 6) is 0.360. The van der Waals surface area contributed by atoms with E-state index in [4.69, 9.17) is 0 Å². The van der Waals surface area contributed by atoms with Crippen LogP contribution in [0.2, 0.25) is 0 Å². The molecule has 1 fully saturated rings. The van der Waals surface area contributed by atoms with E-state index >= 15 is 0 Å². The number of anilines is 2. The molecule has 0 unspecified atom stereocenters. The van der Waals surface area contributed by atoms with Crippen LogP contribution in [0.4, 0.5) is 11.5 Å². The van der Waals surface area contributed by atoms with Gasteiger partial charge in [-0.2, -0.15) is 0 Å². The van der Waals surface area contributed by atoms with E-state index in [9.17, 15) is 9.59 Å². The van der Waals surface area contributed by atoms with Crippen LogP contribution in [0, 0.1) is 6.92 Å². The van der Waals surface area contributed by atoms with Crippen molar-refractivity contribution in [2.45, 2.75) is 57.9 Å². The zero-order valence-electron chi connectivity index (χ0n) is 20.7. The van der Waals surface area contributed by atoms with E-state index in [1.807, 2.05) is 66.1 Å². The van der Waals surface area contributed by atoms with Crippen LogP contribution in [0.15, 0.2) is 77.6 Å². The highest BCUT2D eigenvalue weighted by molar-refractivity contribution is 6.05. The monoisotopic (exact) mass is 480 g/mol. The Morgan fingerprint density at radius 2 is 1.81 bits per heavy atom. The van der Waals surface area contributed by atoms with Gasteiger partial charge in [0.2, 0.25) is 0 Å². The van der Waals surface area contributed by atoms with E-state index in [0.717, 1.165) is 43.5 Å². The average Bonchev–Trinajstić information content (AvgIpc) is 3.29. The first kappa shape index (κ1) is 23.8. The molecule has 6 heteroatoms. The topological polar surface area (TPSA) is 76.0 Å². The molecule has 0 bridgehead atoms. The number of rotatable bonds is 5. The SMILES string of the molecule is Cc1cc2c(c(C(=O)NC3CCCCCC3)n1)c(=O)cc(Nc1ccccc1)n2C1=CC=CCC=C1. The number of hydrogen-bond donors (Lipinski definition) is 2. The molecule has 36 heavy (non-hydrogen) atoms. The lowest BCUT2D eigenvalue weighted by Gasteiger charge is -2.21. The second kappa shape index (κ2) is 10.8. The summed E-state index contributed by atoms with van der Waals surface area (Å²) in [6.07, 6.45) is 17.6. The van der Waals surface area contributed by atoms with Crippen molar-refractivity contribution in [1.82, 2.24) is 14.9 Å². The van der Waals surface area contributed by atoms with Crippen molar-refractivity contribution in [1.29, 1.82) is 0 Å². The third kappa shape index (κ3) is 5.18. The van der Waals surface area contributed by atoms with E-state index < -0.39 is 0 Å². The maximum Gasteiger partial charge on any atom is 0.270 e. The number of carbonyl (C=O) groups excluding carboxylic acids is 1. The lowest BCUT2D eigenvalue weighted by atomic mass is 10.1. The Bertz CT molecular complexity index is 1410. The van der Waals surface area contributed by atoms with Gasteiger partial charge in [-0.3, -0.25) is 14.2 Å².